The second-order valence-corrected chi connectivity index (χ2v) is 5.78. The van der Waals surface area contributed by atoms with Gasteiger partial charge in [-0.05, 0) is 25.7 Å². The van der Waals surface area contributed by atoms with Crippen LogP contribution in [-0.2, 0) is 19.1 Å². The molecule has 0 saturated carbocycles. The Morgan fingerprint density at radius 2 is 1.96 bits per heavy atom. The summed E-state index contributed by atoms with van der Waals surface area (Å²) in [5.74, 6) is 0.613. The van der Waals surface area contributed by atoms with E-state index < -0.39 is 0 Å². The van der Waals surface area contributed by atoms with Gasteiger partial charge < -0.3 is 19.7 Å². The number of nitrogens with one attached hydrogen (secondary N) is 1. The van der Waals surface area contributed by atoms with Gasteiger partial charge in [-0.15, -0.1) is 0 Å². The van der Waals surface area contributed by atoms with Crippen LogP contribution in [0.25, 0.3) is 0 Å². The van der Waals surface area contributed by atoms with Crippen LogP contribution in [0, 0.1) is 11.8 Å². The van der Waals surface area contributed by atoms with Crippen LogP contribution in [-0.4, -0.2) is 63.2 Å². The van der Waals surface area contributed by atoms with Crippen molar-refractivity contribution in [2.75, 3.05) is 40.4 Å². The maximum atomic E-state index is 11.8. The summed E-state index contributed by atoms with van der Waals surface area (Å²) in [6.07, 6.45) is 2.01. The number of nitrogens with zero attached hydrogens (tertiary/aromatic N) is 2. The topological polar surface area (TPSA) is 80.2 Å². The summed E-state index contributed by atoms with van der Waals surface area (Å²) in [6.45, 7) is 6.91. The first-order valence-corrected chi connectivity index (χ1v) is 8.21. The molecule has 2 atom stereocenters. The molecular formula is C16H29N3O4. The van der Waals surface area contributed by atoms with E-state index in [1.807, 2.05) is 6.92 Å². The molecule has 0 aromatic carbocycles. The highest BCUT2D eigenvalue weighted by atomic mass is 16.5. The maximum absolute atomic E-state index is 11.8. The van der Waals surface area contributed by atoms with Crippen molar-refractivity contribution < 1.29 is 19.1 Å². The predicted molar refractivity (Wildman–Crippen MR) is 88.1 cm³/mol. The van der Waals surface area contributed by atoms with Gasteiger partial charge in [-0.1, -0.05) is 6.92 Å². The number of methoxy groups -OCH3 is 2. The van der Waals surface area contributed by atoms with Crippen molar-refractivity contribution in [2.45, 2.75) is 33.1 Å². The van der Waals surface area contributed by atoms with Gasteiger partial charge in [-0.25, -0.2) is 0 Å². The number of carbonyl (C=O) groups excluding carboxylic acids is 2. The van der Waals surface area contributed by atoms with E-state index in [0.29, 0.717) is 19.5 Å². The highest BCUT2D eigenvalue weighted by molar-refractivity contribution is 5.82. The van der Waals surface area contributed by atoms with E-state index in [9.17, 15) is 9.59 Å². The number of hydrogen-bond donors (Lipinski definition) is 1. The Balaban J connectivity index is 2.52. The van der Waals surface area contributed by atoms with E-state index in [-0.39, 0.29) is 23.8 Å². The van der Waals surface area contributed by atoms with E-state index in [4.69, 9.17) is 4.74 Å². The number of guanidine groups is 1. The first-order chi connectivity index (χ1) is 11.0. The fourth-order valence-corrected chi connectivity index (χ4v) is 2.69. The van der Waals surface area contributed by atoms with Crippen LogP contribution >= 0.6 is 0 Å². The predicted octanol–water partition coefficient (Wildman–Crippen LogP) is 1.04. The molecule has 0 aromatic heterocycles. The van der Waals surface area contributed by atoms with Gasteiger partial charge in [-0.3, -0.25) is 14.6 Å². The van der Waals surface area contributed by atoms with E-state index in [0.717, 1.165) is 31.9 Å². The van der Waals surface area contributed by atoms with Gasteiger partial charge in [0.2, 0.25) is 0 Å². The number of aliphatic imine (C=N–C) groups is 1. The zero-order chi connectivity index (χ0) is 17.2. The molecule has 1 N–H and O–H groups in total. The largest absolute Gasteiger partial charge is 0.469 e. The summed E-state index contributed by atoms with van der Waals surface area (Å²) in [5.41, 5.74) is 0. The molecule has 0 aliphatic carbocycles. The molecule has 1 aliphatic rings. The van der Waals surface area contributed by atoms with Crippen LogP contribution < -0.4 is 5.32 Å². The lowest BCUT2D eigenvalue weighted by atomic mass is 9.99. The normalized spacial score (nSPS) is 21.2. The van der Waals surface area contributed by atoms with Gasteiger partial charge >= 0.3 is 11.9 Å². The lowest BCUT2D eigenvalue weighted by molar-refractivity contribution is -0.146. The molecule has 0 aromatic rings. The second-order valence-electron chi connectivity index (χ2n) is 5.78. The smallest absolute Gasteiger partial charge is 0.310 e. The molecule has 0 bridgehead atoms. The monoisotopic (exact) mass is 327 g/mol. The van der Waals surface area contributed by atoms with Crippen LogP contribution in [0.3, 0.4) is 0 Å². The number of rotatable bonds is 7. The molecule has 1 rings (SSSR count). The minimum atomic E-state index is -0.185. The van der Waals surface area contributed by atoms with Crippen molar-refractivity contribution in [2.24, 2.45) is 16.8 Å². The number of esters is 2. The van der Waals surface area contributed by atoms with Crippen molar-refractivity contribution in [3.05, 3.63) is 0 Å². The molecule has 1 heterocycles. The highest BCUT2D eigenvalue weighted by Gasteiger charge is 2.36. The van der Waals surface area contributed by atoms with Crippen LogP contribution in [0.2, 0.25) is 0 Å². The SMILES string of the molecule is CCNC(=NCCCCC(=O)OC)N1CC(C)C(C(=O)OC)C1. The summed E-state index contributed by atoms with van der Waals surface area (Å²) >= 11 is 0. The van der Waals surface area contributed by atoms with Gasteiger partial charge in [0.25, 0.3) is 0 Å². The molecule has 1 saturated heterocycles. The standard InChI is InChI=1S/C16H29N3O4/c1-5-17-16(18-9-7-6-8-14(20)22-3)19-10-12(2)13(11-19)15(21)23-4/h12-13H,5-11H2,1-4H3,(H,17,18). The summed E-state index contributed by atoms with van der Waals surface area (Å²) < 4.78 is 9.48. The highest BCUT2D eigenvalue weighted by Crippen LogP contribution is 2.24. The summed E-state index contributed by atoms with van der Waals surface area (Å²) in [7, 11) is 2.83. The zero-order valence-electron chi connectivity index (χ0n) is 14.6. The van der Waals surface area contributed by atoms with Crippen molar-refractivity contribution in [1.29, 1.82) is 0 Å². The Bertz CT molecular complexity index is 426. The Morgan fingerprint density at radius 1 is 1.22 bits per heavy atom. The molecule has 7 heteroatoms. The quantitative estimate of drug-likeness (QED) is 0.326. The third-order valence-corrected chi connectivity index (χ3v) is 4.03. The fourth-order valence-electron chi connectivity index (χ4n) is 2.69. The number of ether oxygens (including phenoxy) is 2. The Morgan fingerprint density at radius 3 is 2.57 bits per heavy atom. The molecular weight excluding hydrogens is 298 g/mol. The Kier molecular flexibility index (Phi) is 8.43. The minimum Gasteiger partial charge on any atom is -0.469 e. The average Bonchev–Trinajstić information content (AvgIpc) is 2.94. The van der Waals surface area contributed by atoms with Gasteiger partial charge in [-0.2, -0.15) is 0 Å². The van der Waals surface area contributed by atoms with Crippen molar-refractivity contribution in [1.82, 2.24) is 10.2 Å². The van der Waals surface area contributed by atoms with Crippen LogP contribution in [0.4, 0.5) is 0 Å². The van der Waals surface area contributed by atoms with Gasteiger partial charge in [0.1, 0.15) is 0 Å². The zero-order valence-corrected chi connectivity index (χ0v) is 14.6. The third kappa shape index (κ3) is 6.08. The third-order valence-electron chi connectivity index (χ3n) is 4.03. The van der Waals surface area contributed by atoms with Crippen molar-refractivity contribution >= 4 is 17.9 Å². The van der Waals surface area contributed by atoms with E-state index in [1.165, 1.54) is 14.2 Å². The lowest BCUT2D eigenvalue weighted by Gasteiger charge is -2.21. The van der Waals surface area contributed by atoms with Gasteiger partial charge in [0.05, 0.1) is 20.1 Å². The molecule has 0 spiro atoms. The second kappa shape index (κ2) is 10.1. The molecule has 7 nitrogen and oxygen atoms in total. The first-order valence-electron chi connectivity index (χ1n) is 8.21. The molecule has 0 amide bonds. The van der Waals surface area contributed by atoms with E-state index in [2.05, 4.69) is 26.9 Å². The molecule has 23 heavy (non-hydrogen) atoms. The summed E-state index contributed by atoms with van der Waals surface area (Å²) in [5, 5.41) is 3.27. The van der Waals surface area contributed by atoms with Crippen molar-refractivity contribution in [3.63, 3.8) is 0 Å². The maximum Gasteiger partial charge on any atom is 0.310 e. The number of likely N-dealkylation sites (tertiary alicyclic amines) is 1. The molecule has 2 unspecified atom stereocenters. The van der Waals surface area contributed by atoms with E-state index >= 15 is 0 Å². The minimum absolute atomic E-state index is 0.108. The van der Waals surface area contributed by atoms with Gasteiger partial charge in [0.15, 0.2) is 5.96 Å². The van der Waals surface area contributed by atoms with Crippen LogP contribution in [0.1, 0.15) is 33.1 Å². The molecule has 1 aliphatic heterocycles. The van der Waals surface area contributed by atoms with Crippen LogP contribution in [0.5, 0.6) is 0 Å². The summed E-state index contributed by atoms with van der Waals surface area (Å²) in [6, 6.07) is 0. The number of hydrogen-bond acceptors (Lipinski definition) is 5. The van der Waals surface area contributed by atoms with Gasteiger partial charge in [0, 0.05) is 32.6 Å². The fraction of sp³-hybridized carbons (Fsp3) is 0.812. The molecule has 0 radical (unpaired) electrons. The molecule has 1 fully saturated rings. The lowest BCUT2D eigenvalue weighted by Crippen LogP contribution is -2.40. The Labute approximate surface area is 138 Å². The van der Waals surface area contributed by atoms with Crippen LogP contribution in [0.15, 0.2) is 4.99 Å². The average molecular weight is 327 g/mol. The van der Waals surface area contributed by atoms with E-state index in [1.54, 1.807) is 0 Å². The molecule has 132 valence electrons. The van der Waals surface area contributed by atoms with Crippen molar-refractivity contribution in [3.8, 4) is 0 Å². The Hall–Kier alpha value is -1.79. The first kappa shape index (κ1) is 19.3. The summed E-state index contributed by atoms with van der Waals surface area (Å²) in [4.78, 5) is 29.6. The number of carbonyl (C=O) groups is 2. The number of unbranched alkanes of at least 4 members (excludes halogenated alkanes) is 1.